The van der Waals surface area contributed by atoms with E-state index in [0.29, 0.717) is 11.3 Å². The highest BCUT2D eigenvalue weighted by Crippen LogP contribution is 2.19. The molecule has 0 aliphatic carbocycles. The highest BCUT2D eigenvalue weighted by Gasteiger charge is 2.12. The summed E-state index contributed by atoms with van der Waals surface area (Å²) in [5, 5.41) is 4.15. The van der Waals surface area contributed by atoms with Crippen molar-refractivity contribution in [3.63, 3.8) is 0 Å². The first-order valence-electron chi connectivity index (χ1n) is 5.24. The molecule has 4 heteroatoms. The Kier molecular flexibility index (Phi) is 2.87. The normalized spacial score (nSPS) is 10.2. The zero-order valence-electron chi connectivity index (χ0n) is 9.68. The number of Topliss-reactive ketones (excluding diaryl/α,β-unsaturated/α-hetero) is 1. The van der Waals surface area contributed by atoms with Gasteiger partial charge in [-0.2, -0.15) is 5.10 Å². The van der Waals surface area contributed by atoms with Crippen LogP contribution in [0.15, 0.2) is 41.2 Å². The smallest absolute Gasteiger partial charge is 0.267 e. The predicted molar refractivity (Wildman–Crippen MR) is 64.9 cm³/mol. The molecular weight excluding hydrogens is 216 g/mol. The molecule has 2 rings (SSSR count). The van der Waals surface area contributed by atoms with Crippen LogP contribution >= 0.6 is 0 Å². The first kappa shape index (κ1) is 11.3. The maximum Gasteiger partial charge on any atom is 0.267 e. The van der Waals surface area contributed by atoms with Crippen molar-refractivity contribution in [2.24, 2.45) is 7.05 Å². The number of aromatic nitrogens is 2. The molecule has 0 N–H and O–H groups in total. The van der Waals surface area contributed by atoms with Gasteiger partial charge in [-0.15, -0.1) is 0 Å². The number of hydrogen-bond acceptors (Lipinski definition) is 3. The van der Waals surface area contributed by atoms with Gasteiger partial charge in [-0.3, -0.25) is 9.59 Å². The summed E-state index contributed by atoms with van der Waals surface area (Å²) >= 11 is 0. The fourth-order valence-corrected chi connectivity index (χ4v) is 1.62. The number of rotatable bonds is 2. The summed E-state index contributed by atoms with van der Waals surface area (Å²) in [7, 11) is 1.57. The molecule has 0 saturated carbocycles. The third kappa shape index (κ3) is 2.15. The molecule has 0 spiro atoms. The van der Waals surface area contributed by atoms with E-state index in [1.54, 1.807) is 7.05 Å². The summed E-state index contributed by atoms with van der Waals surface area (Å²) in [6.45, 7) is 1.43. The Balaban J connectivity index is 2.72. The van der Waals surface area contributed by atoms with E-state index in [9.17, 15) is 9.59 Å². The lowest BCUT2D eigenvalue weighted by Crippen LogP contribution is -2.21. The van der Waals surface area contributed by atoms with Crippen molar-refractivity contribution in [1.29, 1.82) is 0 Å². The summed E-state index contributed by atoms with van der Waals surface area (Å²) in [6, 6.07) is 10.7. The zero-order chi connectivity index (χ0) is 12.4. The van der Waals surface area contributed by atoms with Crippen LogP contribution in [0.5, 0.6) is 0 Å². The van der Waals surface area contributed by atoms with Gasteiger partial charge in [0.2, 0.25) is 0 Å². The van der Waals surface area contributed by atoms with Gasteiger partial charge in [0.1, 0.15) is 5.69 Å². The Morgan fingerprint density at radius 3 is 2.47 bits per heavy atom. The summed E-state index contributed by atoms with van der Waals surface area (Å²) < 4.78 is 1.23. The zero-order valence-corrected chi connectivity index (χ0v) is 9.68. The summed E-state index contributed by atoms with van der Waals surface area (Å²) in [5.41, 5.74) is 1.45. The van der Waals surface area contributed by atoms with E-state index in [4.69, 9.17) is 0 Å². The van der Waals surface area contributed by atoms with Crippen LogP contribution in [0.2, 0.25) is 0 Å². The molecule has 0 atom stereocenters. The molecule has 17 heavy (non-hydrogen) atoms. The van der Waals surface area contributed by atoms with E-state index in [-0.39, 0.29) is 11.3 Å². The van der Waals surface area contributed by atoms with Crippen molar-refractivity contribution in [3.8, 4) is 11.3 Å². The second-order valence-corrected chi connectivity index (χ2v) is 3.79. The third-order valence-corrected chi connectivity index (χ3v) is 2.52. The fourth-order valence-electron chi connectivity index (χ4n) is 1.62. The fraction of sp³-hybridized carbons (Fsp3) is 0.154. The van der Waals surface area contributed by atoms with Crippen molar-refractivity contribution in [2.75, 3.05) is 0 Å². The Bertz CT molecular complexity index is 615. The van der Waals surface area contributed by atoms with E-state index < -0.39 is 0 Å². The minimum Gasteiger partial charge on any atom is -0.294 e. The standard InChI is InChI=1S/C13H12N2O2/c1-9(16)11-8-12(17)15(2)14-13(11)10-6-4-3-5-7-10/h3-8H,1-2H3. The first-order chi connectivity index (χ1) is 8.09. The minimum atomic E-state index is -0.283. The number of ketones is 1. The average molecular weight is 228 g/mol. The molecule has 86 valence electrons. The quantitative estimate of drug-likeness (QED) is 0.734. The SMILES string of the molecule is CC(=O)c1cc(=O)n(C)nc1-c1ccccc1. The van der Waals surface area contributed by atoms with Crippen molar-refractivity contribution in [1.82, 2.24) is 9.78 Å². The molecule has 1 heterocycles. The molecule has 0 aliphatic rings. The van der Waals surface area contributed by atoms with Crippen molar-refractivity contribution >= 4 is 5.78 Å². The Morgan fingerprint density at radius 2 is 1.88 bits per heavy atom. The second kappa shape index (κ2) is 4.33. The first-order valence-corrected chi connectivity index (χ1v) is 5.24. The second-order valence-electron chi connectivity index (χ2n) is 3.79. The maximum atomic E-state index is 11.5. The van der Waals surface area contributed by atoms with Crippen LogP contribution in [0.3, 0.4) is 0 Å². The Hall–Kier alpha value is -2.23. The van der Waals surface area contributed by atoms with Gasteiger partial charge in [-0.25, -0.2) is 4.68 Å². The molecule has 1 aromatic carbocycles. The van der Waals surface area contributed by atoms with Gasteiger partial charge in [-0.05, 0) is 6.92 Å². The molecule has 0 unspecified atom stereocenters. The molecule has 0 amide bonds. The lowest BCUT2D eigenvalue weighted by atomic mass is 10.0. The number of hydrogen-bond donors (Lipinski definition) is 0. The lowest BCUT2D eigenvalue weighted by Gasteiger charge is -2.07. The molecule has 4 nitrogen and oxygen atoms in total. The molecule has 0 saturated heterocycles. The van der Waals surface area contributed by atoms with Crippen LogP contribution < -0.4 is 5.56 Å². The number of nitrogens with zero attached hydrogens (tertiary/aromatic N) is 2. The van der Waals surface area contributed by atoms with E-state index in [2.05, 4.69) is 5.10 Å². The molecule has 2 aromatic rings. The van der Waals surface area contributed by atoms with Crippen LogP contribution in [-0.2, 0) is 7.05 Å². The van der Waals surface area contributed by atoms with Gasteiger partial charge in [0.05, 0.1) is 5.56 Å². The van der Waals surface area contributed by atoms with Gasteiger partial charge in [0.15, 0.2) is 5.78 Å². The van der Waals surface area contributed by atoms with Crippen molar-refractivity contribution in [3.05, 3.63) is 52.3 Å². The van der Waals surface area contributed by atoms with Gasteiger partial charge in [0.25, 0.3) is 5.56 Å². The molecule has 0 fully saturated rings. The molecular formula is C13H12N2O2. The van der Waals surface area contributed by atoms with Crippen LogP contribution in [0.4, 0.5) is 0 Å². The molecule has 1 aromatic heterocycles. The molecule has 0 aliphatic heterocycles. The highest BCUT2D eigenvalue weighted by atomic mass is 16.1. The van der Waals surface area contributed by atoms with Gasteiger partial charge >= 0.3 is 0 Å². The van der Waals surface area contributed by atoms with Crippen LogP contribution in [-0.4, -0.2) is 15.6 Å². The monoisotopic (exact) mass is 228 g/mol. The third-order valence-electron chi connectivity index (χ3n) is 2.52. The summed E-state index contributed by atoms with van der Waals surface area (Å²) in [4.78, 5) is 23.0. The van der Waals surface area contributed by atoms with Crippen LogP contribution in [0.25, 0.3) is 11.3 Å². The summed E-state index contributed by atoms with van der Waals surface area (Å²) in [5.74, 6) is -0.158. The van der Waals surface area contributed by atoms with Crippen LogP contribution in [0.1, 0.15) is 17.3 Å². The van der Waals surface area contributed by atoms with Gasteiger partial charge in [0, 0.05) is 18.7 Å². The number of aryl methyl sites for hydroxylation is 1. The highest BCUT2D eigenvalue weighted by molar-refractivity contribution is 5.99. The number of benzene rings is 1. The molecule has 0 bridgehead atoms. The van der Waals surface area contributed by atoms with E-state index in [0.717, 1.165) is 5.56 Å². The van der Waals surface area contributed by atoms with E-state index >= 15 is 0 Å². The molecule has 0 radical (unpaired) electrons. The van der Waals surface area contributed by atoms with Gasteiger partial charge in [-0.1, -0.05) is 30.3 Å². The van der Waals surface area contributed by atoms with Crippen molar-refractivity contribution < 1.29 is 4.79 Å². The number of carbonyl (C=O) groups excluding carboxylic acids is 1. The van der Waals surface area contributed by atoms with Crippen LogP contribution in [0, 0.1) is 0 Å². The van der Waals surface area contributed by atoms with Gasteiger partial charge < -0.3 is 0 Å². The maximum absolute atomic E-state index is 11.5. The average Bonchev–Trinajstić information content (AvgIpc) is 2.33. The Labute approximate surface area is 98.5 Å². The predicted octanol–water partition coefficient (Wildman–Crippen LogP) is 1.65. The van der Waals surface area contributed by atoms with E-state index in [1.165, 1.54) is 17.7 Å². The largest absolute Gasteiger partial charge is 0.294 e. The van der Waals surface area contributed by atoms with Crippen molar-refractivity contribution in [2.45, 2.75) is 6.92 Å². The number of carbonyl (C=O) groups is 1. The topological polar surface area (TPSA) is 52.0 Å². The minimum absolute atomic E-state index is 0.158. The summed E-state index contributed by atoms with van der Waals surface area (Å²) in [6.07, 6.45) is 0. The Morgan fingerprint density at radius 1 is 1.24 bits per heavy atom. The lowest BCUT2D eigenvalue weighted by molar-refractivity contribution is 0.101. The van der Waals surface area contributed by atoms with E-state index in [1.807, 2.05) is 30.3 Å².